The number of hydrogen-bond acceptors (Lipinski definition) is 6. The average molecular weight is 355 g/mol. The summed E-state index contributed by atoms with van der Waals surface area (Å²) in [5.74, 6) is 1.58. The lowest BCUT2D eigenvalue weighted by Crippen LogP contribution is -2.38. The van der Waals surface area contributed by atoms with Crippen molar-refractivity contribution in [3.05, 3.63) is 46.1 Å². The number of aromatic nitrogens is 2. The molecule has 0 bridgehead atoms. The van der Waals surface area contributed by atoms with Gasteiger partial charge in [0.2, 0.25) is 0 Å². The normalized spacial score (nSPS) is 17.1. The summed E-state index contributed by atoms with van der Waals surface area (Å²) in [7, 11) is 4.19. The molecule has 1 atom stereocenters. The average Bonchev–Trinajstić information content (AvgIpc) is 3.08. The minimum absolute atomic E-state index is 0.0752. The van der Waals surface area contributed by atoms with Gasteiger partial charge in [0, 0.05) is 48.6 Å². The highest BCUT2D eigenvalue weighted by Crippen LogP contribution is 2.28. The first-order valence-corrected chi connectivity index (χ1v) is 9.02. The fourth-order valence-corrected chi connectivity index (χ4v) is 3.42. The Morgan fingerprint density at radius 1 is 1.27 bits per heavy atom. The molecule has 0 aliphatic carbocycles. The van der Waals surface area contributed by atoms with Gasteiger partial charge >= 0.3 is 0 Å². The molecule has 1 aromatic carbocycles. The van der Waals surface area contributed by atoms with Gasteiger partial charge in [0.05, 0.1) is 4.92 Å². The van der Waals surface area contributed by atoms with E-state index in [9.17, 15) is 10.1 Å². The fraction of sp³-hybridized carbons (Fsp3) is 0.474. The number of benzene rings is 1. The minimum atomic E-state index is -0.394. The van der Waals surface area contributed by atoms with E-state index in [1.807, 2.05) is 0 Å². The maximum absolute atomic E-state index is 10.9. The van der Waals surface area contributed by atoms with Gasteiger partial charge in [0.1, 0.15) is 5.82 Å². The topological polar surface area (TPSA) is 75.4 Å². The zero-order valence-corrected chi connectivity index (χ0v) is 15.6. The van der Waals surface area contributed by atoms with Crippen LogP contribution in [0.5, 0.6) is 0 Å². The van der Waals surface area contributed by atoms with E-state index in [1.165, 1.54) is 12.1 Å². The van der Waals surface area contributed by atoms with Crippen LogP contribution < -0.4 is 4.90 Å². The predicted molar refractivity (Wildman–Crippen MR) is 102 cm³/mol. The second-order valence-corrected chi connectivity index (χ2v) is 6.95. The van der Waals surface area contributed by atoms with Crippen LogP contribution in [0.2, 0.25) is 0 Å². The van der Waals surface area contributed by atoms with Gasteiger partial charge in [-0.15, -0.1) is 0 Å². The number of nitro benzene ring substituents is 1. The van der Waals surface area contributed by atoms with Gasteiger partial charge in [-0.05, 0) is 45.5 Å². The summed E-state index contributed by atoms with van der Waals surface area (Å²) in [6.07, 6.45) is 3.15. The second-order valence-electron chi connectivity index (χ2n) is 6.95. The highest BCUT2D eigenvalue weighted by Gasteiger charge is 2.27. The van der Waals surface area contributed by atoms with Crippen molar-refractivity contribution in [2.75, 3.05) is 32.1 Å². The van der Waals surface area contributed by atoms with Gasteiger partial charge in [-0.3, -0.25) is 10.1 Å². The number of aryl methyl sites for hydroxylation is 1. The lowest BCUT2D eigenvalue weighted by Gasteiger charge is -2.28. The molecule has 0 unspecified atom stereocenters. The zero-order valence-electron chi connectivity index (χ0n) is 15.6. The molecule has 2 heterocycles. The van der Waals surface area contributed by atoms with E-state index in [1.54, 1.807) is 12.1 Å². The highest BCUT2D eigenvalue weighted by atomic mass is 16.6. The second kappa shape index (κ2) is 7.78. The molecule has 1 aliphatic heterocycles. The molecular formula is C19H25N5O2. The van der Waals surface area contributed by atoms with E-state index >= 15 is 0 Å². The van der Waals surface area contributed by atoms with Gasteiger partial charge in [-0.2, -0.15) is 0 Å². The molecule has 0 N–H and O–H groups in total. The largest absolute Gasteiger partial charge is 0.352 e. The molecule has 2 aromatic rings. The van der Waals surface area contributed by atoms with Crippen molar-refractivity contribution in [1.29, 1.82) is 0 Å². The lowest BCUT2D eigenvalue weighted by molar-refractivity contribution is -0.384. The van der Waals surface area contributed by atoms with Gasteiger partial charge in [0.15, 0.2) is 5.82 Å². The van der Waals surface area contributed by atoms with Crippen LogP contribution in [0, 0.1) is 10.1 Å². The summed E-state index contributed by atoms with van der Waals surface area (Å²) < 4.78 is 0. The van der Waals surface area contributed by atoms with Crippen LogP contribution in [-0.4, -0.2) is 53.0 Å². The molecule has 1 fully saturated rings. The third kappa shape index (κ3) is 3.99. The Morgan fingerprint density at radius 3 is 2.62 bits per heavy atom. The third-order valence-corrected chi connectivity index (χ3v) is 4.71. The summed E-state index contributed by atoms with van der Waals surface area (Å²) in [5, 5.41) is 10.9. The Bertz CT molecular complexity index is 776. The molecule has 0 spiro atoms. The zero-order chi connectivity index (χ0) is 18.7. The molecular weight excluding hydrogens is 330 g/mol. The molecule has 0 amide bonds. The Labute approximate surface area is 153 Å². The summed E-state index contributed by atoms with van der Waals surface area (Å²) in [5.41, 5.74) is 1.86. The number of nitrogens with zero attached hydrogens (tertiary/aromatic N) is 5. The summed E-state index contributed by atoms with van der Waals surface area (Å²) in [6, 6.07) is 8.97. The van der Waals surface area contributed by atoms with Crippen molar-refractivity contribution in [2.45, 2.75) is 32.2 Å². The number of nitro groups is 1. The first-order valence-electron chi connectivity index (χ1n) is 9.02. The van der Waals surface area contributed by atoms with Crippen LogP contribution in [0.4, 0.5) is 11.5 Å². The van der Waals surface area contributed by atoms with Gasteiger partial charge < -0.3 is 9.80 Å². The fourth-order valence-electron chi connectivity index (χ4n) is 3.42. The predicted octanol–water partition coefficient (Wildman–Crippen LogP) is 3.14. The van der Waals surface area contributed by atoms with Crippen molar-refractivity contribution < 1.29 is 4.92 Å². The maximum Gasteiger partial charge on any atom is 0.269 e. The van der Waals surface area contributed by atoms with Crippen LogP contribution in [0.3, 0.4) is 0 Å². The van der Waals surface area contributed by atoms with Gasteiger partial charge in [-0.1, -0.05) is 6.92 Å². The number of anilines is 1. The van der Waals surface area contributed by atoms with E-state index in [0.29, 0.717) is 11.9 Å². The van der Waals surface area contributed by atoms with Crippen LogP contribution in [0.1, 0.15) is 25.5 Å². The van der Waals surface area contributed by atoms with E-state index in [-0.39, 0.29) is 5.69 Å². The first kappa shape index (κ1) is 18.3. The monoisotopic (exact) mass is 355 g/mol. The number of likely N-dealkylation sites (N-methyl/N-ethyl adjacent to an activating group) is 1. The highest BCUT2D eigenvalue weighted by molar-refractivity contribution is 5.60. The van der Waals surface area contributed by atoms with E-state index < -0.39 is 4.92 Å². The Hall–Kier alpha value is -2.54. The molecule has 1 aliphatic rings. The molecule has 0 radical (unpaired) electrons. The molecule has 26 heavy (non-hydrogen) atoms. The first-order chi connectivity index (χ1) is 12.5. The minimum Gasteiger partial charge on any atom is -0.352 e. The molecule has 0 saturated carbocycles. The Balaban J connectivity index is 1.95. The van der Waals surface area contributed by atoms with E-state index in [0.717, 1.165) is 49.4 Å². The van der Waals surface area contributed by atoms with Crippen molar-refractivity contribution in [1.82, 2.24) is 14.9 Å². The van der Waals surface area contributed by atoms with Gasteiger partial charge in [0.25, 0.3) is 5.69 Å². The van der Waals surface area contributed by atoms with Crippen LogP contribution in [0.15, 0.2) is 30.3 Å². The molecule has 7 nitrogen and oxygen atoms in total. The number of hydrogen-bond donors (Lipinski definition) is 0. The van der Waals surface area contributed by atoms with Crippen molar-refractivity contribution in [3.8, 4) is 11.4 Å². The number of non-ortho nitro benzene ring substituents is 1. The smallest absolute Gasteiger partial charge is 0.269 e. The van der Waals surface area contributed by atoms with Crippen LogP contribution in [0.25, 0.3) is 11.4 Å². The molecule has 1 saturated heterocycles. The summed E-state index contributed by atoms with van der Waals surface area (Å²) >= 11 is 0. The summed E-state index contributed by atoms with van der Waals surface area (Å²) in [6.45, 7) is 4.07. The molecule has 7 heteroatoms. The summed E-state index contributed by atoms with van der Waals surface area (Å²) in [4.78, 5) is 24.5. The molecule has 1 aromatic heterocycles. The van der Waals surface area contributed by atoms with Crippen molar-refractivity contribution >= 4 is 11.5 Å². The van der Waals surface area contributed by atoms with Crippen LogP contribution in [-0.2, 0) is 6.42 Å². The van der Waals surface area contributed by atoms with Gasteiger partial charge in [-0.25, -0.2) is 9.97 Å². The lowest BCUT2D eigenvalue weighted by atomic mass is 10.1. The Morgan fingerprint density at radius 2 is 2.00 bits per heavy atom. The third-order valence-electron chi connectivity index (χ3n) is 4.71. The SMILES string of the molecule is CCc1cc(N2CCC[C@@H]2CN(C)C)nc(-c2ccc([N+](=O)[O-])cc2)n1. The van der Waals surface area contributed by atoms with Crippen molar-refractivity contribution in [3.63, 3.8) is 0 Å². The Kier molecular flexibility index (Phi) is 5.46. The van der Waals surface area contributed by atoms with E-state index in [4.69, 9.17) is 4.98 Å². The molecule has 138 valence electrons. The quantitative estimate of drug-likeness (QED) is 0.585. The van der Waals surface area contributed by atoms with Crippen LogP contribution >= 0.6 is 0 Å². The van der Waals surface area contributed by atoms with Crippen molar-refractivity contribution in [2.24, 2.45) is 0 Å². The maximum atomic E-state index is 10.9. The number of rotatable bonds is 6. The molecule has 3 rings (SSSR count). The standard InChI is InChI=1S/C19H25N5O2/c1-4-15-12-18(23-11-5-6-17(23)13-22(2)3)21-19(20-15)14-7-9-16(10-8-14)24(25)26/h7-10,12,17H,4-6,11,13H2,1-3H3/t17-/m1/s1. The van der Waals surface area contributed by atoms with E-state index in [2.05, 4.69) is 41.9 Å².